The third kappa shape index (κ3) is 3.05. The number of likely N-dealkylation sites (tertiary alicyclic amines) is 1. The molecule has 0 bridgehead atoms. The lowest BCUT2D eigenvalue weighted by Crippen LogP contribution is -2.52. The molecule has 0 saturated carbocycles. The van der Waals surface area contributed by atoms with E-state index in [1.54, 1.807) is 0 Å². The average molecular weight is 300 g/mol. The average Bonchev–Trinajstić information content (AvgIpc) is 2.91. The van der Waals surface area contributed by atoms with E-state index < -0.39 is 0 Å². The van der Waals surface area contributed by atoms with Gasteiger partial charge in [-0.1, -0.05) is 37.2 Å². The van der Waals surface area contributed by atoms with Crippen molar-refractivity contribution in [1.82, 2.24) is 15.0 Å². The third-order valence-electron chi connectivity index (χ3n) is 4.60. The van der Waals surface area contributed by atoms with Gasteiger partial charge in [0.1, 0.15) is 0 Å². The van der Waals surface area contributed by atoms with Crippen LogP contribution >= 0.6 is 0 Å². The van der Waals surface area contributed by atoms with E-state index in [1.165, 1.54) is 0 Å². The number of nitrogens with zero attached hydrogens (tertiary/aromatic N) is 3. The van der Waals surface area contributed by atoms with Crippen molar-refractivity contribution in [1.29, 1.82) is 0 Å². The minimum atomic E-state index is 0.126. The molecular weight excluding hydrogens is 276 g/mol. The second-order valence-corrected chi connectivity index (χ2v) is 6.93. The quantitative estimate of drug-likeness (QED) is 0.943. The first-order valence-corrected chi connectivity index (χ1v) is 7.82. The van der Waals surface area contributed by atoms with E-state index in [0.29, 0.717) is 12.4 Å². The van der Waals surface area contributed by atoms with Gasteiger partial charge < -0.3 is 10.3 Å². The van der Waals surface area contributed by atoms with Crippen molar-refractivity contribution in [2.24, 2.45) is 11.1 Å². The fourth-order valence-corrected chi connectivity index (χ4v) is 3.06. The van der Waals surface area contributed by atoms with Gasteiger partial charge in [0, 0.05) is 24.7 Å². The SMILES string of the molecule is Cc1ccccc1-c1nc(CN2CCC(N)C(C)(C)C2)no1. The third-order valence-corrected chi connectivity index (χ3v) is 4.60. The number of hydrogen-bond donors (Lipinski definition) is 1. The first-order valence-electron chi connectivity index (χ1n) is 7.82. The topological polar surface area (TPSA) is 68.2 Å². The molecule has 118 valence electrons. The Morgan fingerprint density at radius 1 is 1.36 bits per heavy atom. The number of aryl methyl sites for hydroxylation is 1. The van der Waals surface area contributed by atoms with Gasteiger partial charge in [-0.2, -0.15) is 4.98 Å². The van der Waals surface area contributed by atoms with Crippen LogP contribution in [-0.2, 0) is 6.54 Å². The Labute approximate surface area is 131 Å². The molecule has 2 N–H and O–H groups in total. The highest BCUT2D eigenvalue weighted by molar-refractivity contribution is 5.57. The van der Waals surface area contributed by atoms with Crippen LogP contribution in [0.15, 0.2) is 28.8 Å². The standard InChI is InChI=1S/C17H24N4O/c1-12-6-4-5-7-13(12)16-19-15(20-22-16)10-21-9-8-14(18)17(2,3)11-21/h4-7,14H,8-11,18H2,1-3H3. The van der Waals surface area contributed by atoms with Gasteiger partial charge in [0.15, 0.2) is 5.82 Å². The molecular formula is C17H24N4O. The smallest absolute Gasteiger partial charge is 0.258 e. The molecule has 1 unspecified atom stereocenters. The molecule has 1 atom stereocenters. The molecule has 22 heavy (non-hydrogen) atoms. The van der Waals surface area contributed by atoms with Gasteiger partial charge in [-0.3, -0.25) is 4.90 Å². The molecule has 5 heteroatoms. The molecule has 1 aliphatic rings. The van der Waals surface area contributed by atoms with Crippen LogP contribution in [0, 0.1) is 12.3 Å². The summed E-state index contributed by atoms with van der Waals surface area (Å²) in [5.74, 6) is 1.34. The van der Waals surface area contributed by atoms with E-state index in [-0.39, 0.29) is 11.5 Å². The zero-order valence-electron chi connectivity index (χ0n) is 13.5. The van der Waals surface area contributed by atoms with Crippen LogP contribution in [0.4, 0.5) is 0 Å². The Balaban J connectivity index is 1.72. The first kappa shape index (κ1) is 15.2. The van der Waals surface area contributed by atoms with Gasteiger partial charge in [-0.05, 0) is 30.4 Å². The van der Waals surface area contributed by atoms with Crippen molar-refractivity contribution < 1.29 is 4.52 Å². The van der Waals surface area contributed by atoms with E-state index in [1.807, 2.05) is 31.2 Å². The van der Waals surface area contributed by atoms with Crippen LogP contribution in [-0.4, -0.2) is 34.2 Å². The van der Waals surface area contributed by atoms with Gasteiger partial charge in [0.2, 0.25) is 0 Å². The van der Waals surface area contributed by atoms with Gasteiger partial charge >= 0.3 is 0 Å². The predicted molar refractivity (Wildman–Crippen MR) is 86.1 cm³/mol. The maximum atomic E-state index is 6.19. The monoisotopic (exact) mass is 300 g/mol. The van der Waals surface area contributed by atoms with E-state index >= 15 is 0 Å². The molecule has 1 saturated heterocycles. The highest BCUT2D eigenvalue weighted by Gasteiger charge is 2.33. The van der Waals surface area contributed by atoms with Crippen LogP contribution in [0.3, 0.4) is 0 Å². The van der Waals surface area contributed by atoms with Crippen molar-refractivity contribution in [3.05, 3.63) is 35.7 Å². The van der Waals surface area contributed by atoms with Gasteiger partial charge in [0.05, 0.1) is 6.54 Å². The maximum Gasteiger partial charge on any atom is 0.258 e. The van der Waals surface area contributed by atoms with E-state index in [4.69, 9.17) is 10.3 Å². The Morgan fingerprint density at radius 2 is 2.14 bits per heavy atom. The van der Waals surface area contributed by atoms with Crippen molar-refractivity contribution in [3.63, 3.8) is 0 Å². The largest absolute Gasteiger partial charge is 0.334 e. The molecule has 2 heterocycles. The Hall–Kier alpha value is -1.72. The van der Waals surface area contributed by atoms with Crippen molar-refractivity contribution in [2.75, 3.05) is 13.1 Å². The molecule has 1 aromatic heterocycles. The molecule has 2 aromatic rings. The molecule has 1 fully saturated rings. The Morgan fingerprint density at radius 3 is 2.86 bits per heavy atom. The van der Waals surface area contributed by atoms with Crippen LogP contribution in [0.1, 0.15) is 31.7 Å². The maximum absolute atomic E-state index is 6.19. The summed E-state index contributed by atoms with van der Waals surface area (Å²) >= 11 is 0. The number of rotatable bonds is 3. The summed E-state index contributed by atoms with van der Waals surface area (Å²) in [5.41, 5.74) is 8.46. The number of piperidine rings is 1. The van der Waals surface area contributed by atoms with Gasteiger partial charge in [0.25, 0.3) is 5.89 Å². The van der Waals surface area contributed by atoms with Gasteiger partial charge in [-0.15, -0.1) is 0 Å². The zero-order valence-corrected chi connectivity index (χ0v) is 13.5. The number of hydrogen-bond acceptors (Lipinski definition) is 5. The normalized spacial score (nSPS) is 21.9. The van der Waals surface area contributed by atoms with Crippen LogP contribution in [0.2, 0.25) is 0 Å². The summed E-state index contributed by atoms with van der Waals surface area (Å²) in [5, 5.41) is 4.14. The van der Waals surface area contributed by atoms with E-state index in [9.17, 15) is 0 Å². The molecule has 0 aliphatic carbocycles. The van der Waals surface area contributed by atoms with E-state index in [2.05, 4.69) is 28.9 Å². The van der Waals surface area contributed by atoms with Crippen LogP contribution < -0.4 is 5.73 Å². The number of nitrogens with two attached hydrogens (primary N) is 1. The second kappa shape index (κ2) is 5.82. The van der Waals surface area contributed by atoms with Crippen LogP contribution in [0.25, 0.3) is 11.5 Å². The van der Waals surface area contributed by atoms with Crippen LogP contribution in [0.5, 0.6) is 0 Å². The van der Waals surface area contributed by atoms with Gasteiger partial charge in [-0.25, -0.2) is 0 Å². The minimum absolute atomic E-state index is 0.126. The lowest BCUT2D eigenvalue weighted by atomic mass is 9.80. The number of benzene rings is 1. The second-order valence-electron chi connectivity index (χ2n) is 6.93. The summed E-state index contributed by atoms with van der Waals surface area (Å²) < 4.78 is 5.43. The summed E-state index contributed by atoms with van der Waals surface area (Å²) in [4.78, 5) is 6.91. The summed E-state index contributed by atoms with van der Waals surface area (Å²) in [6.07, 6.45) is 1.01. The molecule has 0 amide bonds. The summed E-state index contributed by atoms with van der Waals surface area (Å²) in [6.45, 7) is 9.15. The molecule has 1 aromatic carbocycles. The highest BCUT2D eigenvalue weighted by Crippen LogP contribution is 2.28. The summed E-state index contributed by atoms with van der Waals surface area (Å²) in [7, 11) is 0. The summed E-state index contributed by atoms with van der Waals surface area (Å²) in [6, 6.07) is 8.32. The molecule has 3 rings (SSSR count). The Bertz CT molecular complexity index is 650. The first-order chi connectivity index (χ1) is 10.5. The molecule has 0 spiro atoms. The minimum Gasteiger partial charge on any atom is -0.334 e. The molecule has 5 nitrogen and oxygen atoms in total. The van der Waals surface area contributed by atoms with E-state index in [0.717, 1.165) is 36.5 Å². The number of aromatic nitrogens is 2. The van der Waals surface area contributed by atoms with Crippen molar-refractivity contribution in [2.45, 2.75) is 39.8 Å². The fourth-order valence-electron chi connectivity index (χ4n) is 3.06. The lowest BCUT2D eigenvalue weighted by Gasteiger charge is -2.42. The Kier molecular flexibility index (Phi) is 4.02. The molecule has 0 radical (unpaired) electrons. The lowest BCUT2D eigenvalue weighted by molar-refractivity contribution is 0.0872. The van der Waals surface area contributed by atoms with Crippen molar-refractivity contribution >= 4 is 0 Å². The van der Waals surface area contributed by atoms with Crippen molar-refractivity contribution in [3.8, 4) is 11.5 Å². The fraction of sp³-hybridized carbons (Fsp3) is 0.529. The molecule has 1 aliphatic heterocycles. The zero-order chi connectivity index (χ0) is 15.7. The highest BCUT2D eigenvalue weighted by atomic mass is 16.5. The predicted octanol–water partition coefficient (Wildman–Crippen LogP) is 2.60.